The third-order valence-electron chi connectivity index (χ3n) is 4.22. The van der Waals surface area contributed by atoms with E-state index in [1.807, 2.05) is 52.1 Å². The molecule has 3 aromatic rings. The van der Waals surface area contributed by atoms with Gasteiger partial charge in [0.2, 0.25) is 5.82 Å². The van der Waals surface area contributed by atoms with Crippen LogP contribution in [0.3, 0.4) is 0 Å². The Morgan fingerprint density at radius 1 is 1.12 bits per heavy atom. The first kappa shape index (κ1) is 16.8. The summed E-state index contributed by atoms with van der Waals surface area (Å²) < 4.78 is 1.73. The topological polar surface area (TPSA) is 90.5 Å². The number of tetrazole rings is 1. The minimum Gasteiger partial charge on any atom is -0.321 e. The van der Waals surface area contributed by atoms with Crippen molar-refractivity contribution in [3.8, 4) is 11.4 Å². The molecular formula is C17H21N7O. The van der Waals surface area contributed by atoms with Crippen LogP contribution in [-0.4, -0.2) is 35.9 Å². The maximum absolute atomic E-state index is 12.5. The number of anilines is 1. The fourth-order valence-corrected chi connectivity index (χ4v) is 2.49. The normalized spacial score (nSPS) is 12.2. The maximum Gasteiger partial charge on any atom is 0.250 e. The van der Waals surface area contributed by atoms with Crippen molar-refractivity contribution >= 4 is 11.6 Å². The van der Waals surface area contributed by atoms with Gasteiger partial charge in [-0.1, -0.05) is 29.8 Å². The molecule has 0 aliphatic heterocycles. The van der Waals surface area contributed by atoms with Gasteiger partial charge in [-0.05, 0) is 32.9 Å². The van der Waals surface area contributed by atoms with Crippen molar-refractivity contribution in [3.63, 3.8) is 0 Å². The number of hydrogen-bond acceptors (Lipinski definition) is 5. The molecule has 8 nitrogen and oxygen atoms in total. The molecule has 0 aliphatic carbocycles. The molecule has 0 spiro atoms. The summed E-state index contributed by atoms with van der Waals surface area (Å²) in [6.45, 7) is 7.51. The largest absolute Gasteiger partial charge is 0.321 e. The average Bonchev–Trinajstić information content (AvgIpc) is 3.16. The zero-order chi connectivity index (χ0) is 18.1. The summed E-state index contributed by atoms with van der Waals surface area (Å²) in [5.74, 6) is 0.278. The molecule has 0 unspecified atom stereocenters. The van der Waals surface area contributed by atoms with Crippen LogP contribution in [0.1, 0.15) is 29.9 Å². The lowest BCUT2D eigenvalue weighted by molar-refractivity contribution is -0.119. The van der Waals surface area contributed by atoms with Crippen molar-refractivity contribution in [1.82, 2.24) is 30.0 Å². The van der Waals surface area contributed by atoms with Gasteiger partial charge in [0.15, 0.2) is 0 Å². The molecule has 8 heteroatoms. The fraction of sp³-hybridized carbons (Fsp3) is 0.353. The minimum atomic E-state index is -0.592. The van der Waals surface area contributed by atoms with Gasteiger partial charge in [0.1, 0.15) is 6.04 Å². The number of carbonyl (C=O) groups is 1. The number of amides is 1. The van der Waals surface area contributed by atoms with Crippen LogP contribution in [0, 0.1) is 20.8 Å². The molecule has 0 fully saturated rings. The van der Waals surface area contributed by atoms with Gasteiger partial charge >= 0.3 is 0 Å². The lowest BCUT2D eigenvalue weighted by Gasteiger charge is -2.11. The average molecular weight is 339 g/mol. The van der Waals surface area contributed by atoms with Crippen molar-refractivity contribution < 1.29 is 4.79 Å². The van der Waals surface area contributed by atoms with E-state index < -0.39 is 6.04 Å². The number of aryl methyl sites for hydroxylation is 3. The molecule has 0 bridgehead atoms. The molecule has 0 saturated carbocycles. The van der Waals surface area contributed by atoms with E-state index in [2.05, 4.69) is 25.8 Å². The molecule has 1 aromatic carbocycles. The zero-order valence-corrected chi connectivity index (χ0v) is 15.0. The predicted octanol–water partition coefficient (Wildman–Crippen LogP) is 2.20. The second-order valence-electron chi connectivity index (χ2n) is 6.13. The SMILES string of the molecule is Cc1ccc(-c2nnn([C@@H](C)C(=O)Nc3c(C)nn(C)c3C)n2)cc1. The van der Waals surface area contributed by atoms with Crippen molar-refractivity contribution in [2.75, 3.05) is 5.32 Å². The molecule has 0 aliphatic rings. The van der Waals surface area contributed by atoms with Gasteiger partial charge in [-0.25, -0.2) is 0 Å². The molecule has 1 N–H and O–H groups in total. The number of carbonyl (C=O) groups excluding carboxylic acids is 1. The standard InChI is InChI=1S/C17H21N7O/c1-10-6-8-14(9-7-10)16-19-22-24(21-16)13(4)17(25)18-15-11(2)20-23(5)12(15)3/h6-9,13H,1-5H3,(H,18,25)/t13-/m0/s1. The van der Waals surface area contributed by atoms with Crippen LogP contribution < -0.4 is 5.32 Å². The van der Waals surface area contributed by atoms with Gasteiger partial charge in [-0.3, -0.25) is 9.48 Å². The molecule has 1 amide bonds. The minimum absolute atomic E-state index is 0.216. The maximum atomic E-state index is 12.5. The summed E-state index contributed by atoms with van der Waals surface area (Å²) >= 11 is 0. The Balaban J connectivity index is 1.78. The van der Waals surface area contributed by atoms with Crippen LogP contribution in [0.2, 0.25) is 0 Å². The van der Waals surface area contributed by atoms with E-state index >= 15 is 0 Å². The molecule has 130 valence electrons. The Morgan fingerprint density at radius 2 is 1.80 bits per heavy atom. The second-order valence-corrected chi connectivity index (χ2v) is 6.13. The summed E-state index contributed by atoms with van der Waals surface area (Å²) in [6.07, 6.45) is 0. The van der Waals surface area contributed by atoms with Crippen LogP contribution in [0.4, 0.5) is 5.69 Å². The summed E-state index contributed by atoms with van der Waals surface area (Å²) in [5, 5.41) is 19.6. The fourth-order valence-electron chi connectivity index (χ4n) is 2.49. The summed E-state index contributed by atoms with van der Waals surface area (Å²) in [7, 11) is 1.84. The number of benzene rings is 1. The summed E-state index contributed by atoms with van der Waals surface area (Å²) in [4.78, 5) is 13.9. The smallest absolute Gasteiger partial charge is 0.250 e. The number of aromatic nitrogens is 6. The molecule has 0 saturated heterocycles. The molecule has 2 heterocycles. The van der Waals surface area contributed by atoms with Gasteiger partial charge in [-0.15, -0.1) is 10.2 Å². The van der Waals surface area contributed by atoms with Crippen LogP contribution in [0.15, 0.2) is 24.3 Å². The number of nitrogens with one attached hydrogen (secondary N) is 1. The highest BCUT2D eigenvalue weighted by atomic mass is 16.2. The van der Waals surface area contributed by atoms with E-state index in [-0.39, 0.29) is 5.91 Å². The van der Waals surface area contributed by atoms with Crippen molar-refractivity contribution in [2.45, 2.75) is 33.7 Å². The highest BCUT2D eigenvalue weighted by Gasteiger charge is 2.21. The number of hydrogen-bond donors (Lipinski definition) is 1. The van der Waals surface area contributed by atoms with E-state index in [0.717, 1.165) is 28.2 Å². The second kappa shape index (κ2) is 6.46. The molecule has 0 radical (unpaired) electrons. The number of rotatable bonds is 4. The third-order valence-corrected chi connectivity index (χ3v) is 4.22. The Kier molecular flexibility index (Phi) is 4.35. The van der Waals surface area contributed by atoms with E-state index in [4.69, 9.17) is 0 Å². The molecule has 2 aromatic heterocycles. The van der Waals surface area contributed by atoms with Gasteiger partial charge < -0.3 is 5.32 Å². The molecule has 3 rings (SSSR count). The van der Waals surface area contributed by atoms with E-state index in [1.54, 1.807) is 11.6 Å². The van der Waals surface area contributed by atoms with Crippen LogP contribution in [0.25, 0.3) is 11.4 Å². The number of nitrogens with zero attached hydrogens (tertiary/aromatic N) is 6. The zero-order valence-electron chi connectivity index (χ0n) is 15.0. The van der Waals surface area contributed by atoms with Crippen LogP contribution in [0.5, 0.6) is 0 Å². The van der Waals surface area contributed by atoms with Gasteiger partial charge in [0, 0.05) is 12.6 Å². The van der Waals surface area contributed by atoms with Gasteiger partial charge in [0.05, 0.1) is 17.1 Å². The van der Waals surface area contributed by atoms with Crippen molar-refractivity contribution in [2.24, 2.45) is 7.05 Å². The monoisotopic (exact) mass is 339 g/mol. The lowest BCUT2D eigenvalue weighted by atomic mass is 10.1. The highest BCUT2D eigenvalue weighted by molar-refractivity contribution is 5.94. The third kappa shape index (κ3) is 3.28. The Bertz CT molecular complexity index is 908. The first-order valence-electron chi connectivity index (χ1n) is 8.04. The van der Waals surface area contributed by atoms with E-state index in [1.165, 1.54) is 4.80 Å². The summed E-state index contributed by atoms with van der Waals surface area (Å²) in [6, 6.07) is 7.25. The predicted molar refractivity (Wildman–Crippen MR) is 94.0 cm³/mol. The Hall–Kier alpha value is -3.03. The molecule has 25 heavy (non-hydrogen) atoms. The van der Waals surface area contributed by atoms with Crippen molar-refractivity contribution in [1.29, 1.82) is 0 Å². The highest BCUT2D eigenvalue weighted by Crippen LogP contribution is 2.20. The molecular weight excluding hydrogens is 318 g/mol. The Labute approximate surface area is 145 Å². The Morgan fingerprint density at radius 3 is 2.40 bits per heavy atom. The molecule has 1 atom stereocenters. The van der Waals surface area contributed by atoms with Crippen LogP contribution in [-0.2, 0) is 11.8 Å². The quantitative estimate of drug-likeness (QED) is 0.787. The first-order valence-corrected chi connectivity index (χ1v) is 8.04. The van der Waals surface area contributed by atoms with Gasteiger partial charge in [-0.2, -0.15) is 9.90 Å². The van der Waals surface area contributed by atoms with Gasteiger partial charge in [0.25, 0.3) is 5.91 Å². The van der Waals surface area contributed by atoms with E-state index in [0.29, 0.717) is 5.82 Å². The van der Waals surface area contributed by atoms with E-state index in [9.17, 15) is 4.79 Å². The van der Waals surface area contributed by atoms with Crippen molar-refractivity contribution in [3.05, 3.63) is 41.2 Å². The summed E-state index contributed by atoms with van der Waals surface area (Å²) in [5.41, 5.74) is 4.41. The lowest BCUT2D eigenvalue weighted by Crippen LogP contribution is -2.26. The first-order chi connectivity index (χ1) is 11.9. The van der Waals surface area contributed by atoms with Crippen LogP contribution >= 0.6 is 0 Å².